The fraction of sp³-hybridized carbons (Fsp3) is 0.529. The maximum atomic E-state index is 10.6. The molecule has 0 unspecified atom stereocenters. The van der Waals surface area contributed by atoms with Crippen LogP contribution >= 0.6 is 0 Å². The standard InChI is InChI=1S/C17H26O3/c1-12(18)10-11-15(13(2)17(3,4)20)16(19)14-8-6-5-7-9-14/h5-9,12,15-16,18-20H,2,10-11H2,1,3-4H3/t12-,15+,16-/m0/s1. The van der Waals surface area contributed by atoms with Gasteiger partial charge >= 0.3 is 0 Å². The lowest BCUT2D eigenvalue weighted by molar-refractivity contribution is 0.0586. The molecular formula is C17H26O3. The Hall–Kier alpha value is -1.16. The SMILES string of the molecule is C=C([C@@H](CC[C@H](C)O)[C@@H](O)c1ccccc1)C(C)(C)O. The molecule has 1 aromatic rings. The molecule has 0 heterocycles. The van der Waals surface area contributed by atoms with Crippen LogP contribution in [-0.4, -0.2) is 27.0 Å². The molecule has 0 saturated heterocycles. The number of aliphatic hydroxyl groups is 3. The third-order valence-electron chi connectivity index (χ3n) is 3.65. The molecular weight excluding hydrogens is 252 g/mol. The minimum absolute atomic E-state index is 0.285. The van der Waals surface area contributed by atoms with Gasteiger partial charge in [-0.05, 0) is 44.7 Å². The van der Waals surface area contributed by atoms with Crippen molar-refractivity contribution in [1.29, 1.82) is 0 Å². The summed E-state index contributed by atoms with van der Waals surface area (Å²) in [5.74, 6) is -0.285. The largest absolute Gasteiger partial charge is 0.393 e. The number of aliphatic hydroxyl groups excluding tert-OH is 2. The first-order valence-electron chi connectivity index (χ1n) is 7.06. The van der Waals surface area contributed by atoms with Crippen LogP contribution in [0.3, 0.4) is 0 Å². The summed E-state index contributed by atoms with van der Waals surface area (Å²) in [6.07, 6.45) is -0.0239. The second kappa shape index (κ2) is 7.02. The Bertz CT molecular complexity index is 418. The molecule has 1 rings (SSSR count). The molecule has 0 amide bonds. The lowest BCUT2D eigenvalue weighted by Gasteiger charge is -2.32. The Morgan fingerprint density at radius 1 is 1.15 bits per heavy atom. The Labute approximate surface area is 121 Å². The molecule has 0 aromatic heterocycles. The second-order valence-corrected chi connectivity index (χ2v) is 5.97. The van der Waals surface area contributed by atoms with Crippen LogP contribution in [0.2, 0.25) is 0 Å². The van der Waals surface area contributed by atoms with Crippen LogP contribution in [0.1, 0.15) is 45.3 Å². The first-order valence-corrected chi connectivity index (χ1v) is 7.06. The summed E-state index contributed by atoms with van der Waals surface area (Å²) >= 11 is 0. The van der Waals surface area contributed by atoms with E-state index in [1.165, 1.54) is 0 Å². The fourth-order valence-corrected chi connectivity index (χ4v) is 2.28. The molecule has 0 spiro atoms. The molecule has 3 N–H and O–H groups in total. The highest BCUT2D eigenvalue weighted by Crippen LogP contribution is 2.36. The molecule has 0 saturated carbocycles. The van der Waals surface area contributed by atoms with Crippen molar-refractivity contribution < 1.29 is 15.3 Å². The zero-order valence-corrected chi connectivity index (χ0v) is 12.6. The van der Waals surface area contributed by atoms with E-state index in [1.807, 2.05) is 30.3 Å². The van der Waals surface area contributed by atoms with Crippen LogP contribution in [0.4, 0.5) is 0 Å². The number of rotatable bonds is 7. The van der Waals surface area contributed by atoms with E-state index in [9.17, 15) is 15.3 Å². The van der Waals surface area contributed by atoms with E-state index >= 15 is 0 Å². The molecule has 0 radical (unpaired) electrons. The summed E-state index contributed by atoms with van der Waals surface area (Å²) < 4.78 is 0. The topological polar surface area (TPSA) is 60.7 Å². The Morgan fingerprint density at radius 3 is 2.15 bits per heavy atom. The maximum absolute atomic E-state index is 10.6. The quantitative estimate of drug-likeness (QED) is 0.672. The van der Waals surface area contributed by atoms with Crippen molar-refractivity contribution in [3.8, 4) is 0 Å². The van der Waals surface area contributed by atoms with Crippen molar-refractivity contribution in [3.63, 3.8) is 0 Å². The lowest BCUT2D eigenvalue weighted by atomic mass is 9.79. The Morgan fingerprint density at radius 2 is 1.70 bits per heavy atom. The zero-order valence-electron chi connectivity index (χ0n) is 12.6. The first-order chi connectivity index (χ1) is 9.23. The van der Waals surface area contributed by atoms with E-state index in [-0.39, 0.29) is 5.92 Å². The smallest absolute Gasteiger partial charge is 0.0856 e. The Balaban J connectivity index is 2.95. The summed E-state index contributed by atoms with van der Waals surface area (Å²) in [7, 11) is 0. The molecule has 3 nitrogen and oxygen atoms in total. The average Bonchev–Trinajstić information content (AvgIpc) is 2.38. The average molecular weight is 278 g/mol. The van der Waals surface area contributed by atoms with Gasteiger partial charge < -0.3 is 15.3 Å². The molecule has 0 aliphatic heterocycles. The van der Waals surface area contributed by atoms with Crippen molar-refractivity contribution in [2.45, 2.75) is 51.4 Å². The molecule has 0 aliphatic carbocycles. The van der Waals surface area contributed by atoms with E-state index in [1.54, 1.807) is 20.8 Å². The summed E-state index contributed by atoms with van der Waals surface area (Å²) in [5, 5.41) is 30.2. The highest BCUT2D eigenvalue weighted by Gasteiger charge is 2.31. The highest BCUT2D eigenvalue weighted by molar-refractivity contribution is 5.23. The van der Waals surface area contributed by atoms with E-state index in [0.29, 0.717) is 18.4 Å². The maximum Gasteiger partial charge on any atom is 0.0856 e. The van der Waals surface area contributed by atoms with Crippen molar-refractivity contribution in [3.05, 3.63) is 48.0 Å². The van der Waals surface area contributed by atoms with Gasteiger partial charge in [0.15, 0.2) is 0 Å². The van der Waals surface area contributed by atoms with Gasteiger partial charge in [-0.3, -0.25) is 0 Å². The van der Waals surface area contributed by atoms with Gasteiger partial charge in [0.25, 0.3) is 0 Å². The fourth-order valence-electron chi connectivity index (χ4n) is 2.28. The molecule has 0 bridgehead atoms. The summed E-state index contributed by atoms with van der Waals surface area (Å²) in [5.41, 5.74) is 0.335. The van der Waals surface area contributed by atoms with Crippen LogP contribution in [0, 0.1) is 5.92 Å². The van der Waals surface area contributed by atoms with Crippen molar-refractivity contribution in [2.75, 3.05) is 0 Å². The molecule has 0 aliphatic rings. The van der Waals surface area contributed by atoms with Gasteiger partial charge in [-0.2, -0.15) is 0 Å². The number of hydrogen-bond acceptors (Lipinski definition) is 3. The van der Waals surface area contributed by atoms with Gasteiger partial charge in [0.2, 0.25) is 0 Å². The molecule has 1 aromatic carbocycles. The van der Waals surface area contributed by atoms with Crippen LogP contribution in [0.5, 0.6) is 0 Å². The van der Waals surface area contributed by atoms with E-state index in [4.69, 9.17) is 0 Å². The van der Waals surface area contributed by atoms with Gasteiger partial charge in [-0.1, -0.05) is 36.9 Å². The van der Waals surface area contributed by atoms with Gasteiger partial charge in [-0.15, -0.1) is 0 Å². The minimum Gasteiger partial charge on any atom is -0.393 e. The van der Waals surface area contributed by atoms with Gasteiger partial charge in [0.1, 0.15) is 0 Å². The predicted octanol–water partition coefficient (Wildman–Crippen LogP) is 2.82. The summed E-state index contributed by atoms with van der Waals surface area (Å²) in [4.78, 5) is 0. The van der Waals surface area contributed by atoms with Crippen LogP contribution in [-0.2, 0) is 0 Å². The van der Waals surface area contributed by atoms with Crippen LogP contribution < -0.4 is 0 Å². The predicted molar refractivity (Wildman–Crippen MR) is 81.2 cm³/mol. The van der Waals surface area contributed by atoms with Crippen molar-refractivity contribution >= 4 is 0 Å². The number of hydrogen-bond donors (Lipinski definition) is 3. The normalized spacial score (nSPS) is 16.5. The van der Waals surface area contributed by atoms with E-state index in [2.05, 4.69) is 6.58 Å². The summed E-state index contributed by atoms with van der Waals surface area (Å²) in [6.45, 7) is 9.02. The van der Waals surface area contributed by atoms with Gasteiger partial charge in [0.05, 0.1) is 17.8 Å². The van der Waals surface area contributed by atoms with Crippen molar-refractivity contribution in [1.82, 2.24) is 0 Å². The van der Waals surface area contributed by atoms with E-state index in [0.717, 1.165) is 5.56 Å². The zero-order chi connectivity index (χ0) is 15.3. The number of benzene rings is 1. The van der Waals surface area contributed by atoms with Crippen molar-refractivity contribution in [2.24, 2.45) is 5.92 Å². The van der Waals surface area contributed by atoms with Gasteiger partial charge in [-0.25, -0.2) is 0 Å². The summed E-state index contributed by atoms with van der Waals surface area (Å²) in [6, 6.07) is 9.36. The molecule has 3 atom stereocenters. The second-order valence-electron chi connectivity index (χ2n) is 5.97. The first kappa shape index (κ1) is 16.9. The minimum atomic E-state index is -1.06. The third kappa shape index (κ3) is 4.75. The van der Waals surface area contributed by atoms with E-state index < -0.39 is 17.8 Å². The molecule has 3 heteroatoms. The highest BCUT2D eigenvalue weighted by atomic mass is 16.3. The molecule has 0 fully saturated rings. The van der Waals surface area contributed by atoms with Crippen LogP contribution in [0.15, 0.2) is 42.5 Å². The Kier molecular flexibility index (Phi) is 5.93. The molecule has 20 heavy (non-hydrogen) atoms. The molecule has 112 valence electrons. The lowest BCUT2D eigenvalue weighted by Crippen LogP contribution is -2.30. The van der Waals surface area contributed by atoms with Gasteiger partial charge in [0, 0.05) is 5.92 Å². The third-order valence-corrected chi connectivity index (χ3v) is 3.65. The van der Waals surface area contributed by atoms with Crippen LogP contribution in [0.25, 0.3) is 0 Å². The monoisotopic (exact) mass is 278 g/mol.